The standard InChI is InChI=1S/C21H31F2N2O3P/c1-5-11-24-15-9-7-14(8-10-15)18-20(3,21(18,22)23)19(26)25-16-12-17(13-16)29(4,27)28-6-2/h7-10,16-18,24,27H,5-6,11-13H2,1-4H3/p+1/t16?,17?,18-,20+,29?/m1/s1. The molecule has 5 nitrogen and oxygen atoms in total. The number of alkyl halides is 2. The molecule has 1 unspecified atom stereocenters. The van der Waals surface area contributed by atoms with E-state index >= 15 is 0 Å². The molecule has 0 heterocycles. The predicted molar refractivity (Wildman–Crippen MR) is 113 cm³/mol. The van der Waals surface area contributed by atoms with E-state index in [4.69, 9.17) is 4.52 Å². The Morgan fingerprint density at radius 2 is 1.90 bits per heavy atom. The first-order valence-electron chi connectivity index (χ1n) is 10.3. The zero-order chi connectivity index (χ0) is 21.4. The van der Waals surface area contributed by atoms with E-state index in [0.717, 1.165) is 18.7 Å². The van der Waals surface area contributed by atoms with E-state index in [1.54, 1.807) is 30.9 Å². The fourth-order valence-corrected chi connectivity index (χ4v) is 6.24. The summed E-state index contributed by atoms with van der Waals surface area (Å²) in [6, 6.07) is 6.74. The summed E-state index contributed by atoms with van der Waals surface area (Å²) < 4.78 is 34.8. The molecule has 1 amide bonds. The molecule has 1 aromatic rings. The number of halogens is 2. The predicted octanol–water partition coefficient (Wildman–Crippen LogP) is 4.40. The fraction of sp³-hybridized carbons (Fsp3) is 0.667. The first-order valence-corrected chi connectivity index (χ1v) is 12.5. The Morgan fingerprint density at radius 3 is 2.45 bits per heavy atom. The smallest absolute Gasteiger partial charge is 0.271 e. The van der Waals surface area contributed by atoms with Gasteiger partial charge >= 0.3 is 0 Å². The average molecular weight is 429 g/mol. The molecule has 2 aliphatic rings. The highest BCUT2D eigenvalue weighted by molar-refractivity contribution is 7.65. The van der Waals surface area contributed by atoms with Gasteiger partial charge in [0.15, 0.2) is 0 Å². The molecule has 0 aliphatic heterocycles. The van der Waals surface area contributed by atoms with Crippen molar-refractivity contribution in [3.05, 3.63) is 29.8 Å². The number of amides is 1. The molecule has 1 aromatic carbocycles. The SMILES string of the molecule is CCCNc1ccc([C@H]2C(F)(F)[C@]2(C)C(=O)NC2CC([P+](C)(O)OCC)C2)cc1. The summed E-state index contributed by atoms with van der Waals surface area (Å²) in [6.07, 6.45) is 2.11. The van der Waals surface area contributed by atoms with Crippen molar-refractivity contribution in [2.45, 2.75) is 63.6 Å². The molecule has 0 bridgehead atoms. The van der Waals surface area contributed by atoms with Crippen LogP contribution in [0.4, 0.5) is 14.5 Å². The second kappa shape index (κ2) is 8.09. The fourth-order valence-electron chi connectivity index (χ4n) is 4.22. The third-order valence-corrected chi connectivity index (χ3v) is 8.92. The highest BCUT2D eigenvalue weighted by atomic mass is 31.2. The minimum absolute atomic E-state index is 0.000712. The molecule has 2 fully saturated rings. The number of benzene rings is 1. The van der Waals surface area contributed by atoms with Crippen LogP contribution in [-0.4, -0.2) is 48.2 Å². The topological polar surface area (TPSA) is 70.6 Å². The van der Waals surface area contributed by atoms with Crippen molar-refractivity contribution in [2.24, 2.45) is 5.41 Å². The summed E-state index contributed by atoms with van der Waals surface area (Å²) in [5, 5.41) is 5.99. The summed E-state index contributed by atoms with van der Waals surface area (Å²) in [6.45, 7) is 8.20. The molecule has 162 valence electrons. The lowest BCUT2D eigenvalue weighted by atomic mass is 9.90. The van der Waals surface area contributed by atoms with Crippen molar-refractivity contribution in [1.82, 2.24) is 5.32 Å². The molecule has 0 saturated heterocycles. The molecule has 0 spiro atoms. The van der Waals surface area contributed by atoms with Gasteiger partial charge in [0.05, 0.1) is 12.5 Å². The van der Waals surface area contributed by atoms with Gasteiger partial charge in [0.2, 0.25) is 5.91 Å². The Kier molecular flexibility index (Phi) is 6.24. The summed E-state index contributed by atoms with van der Waals surface area (Å²) in [5.74, 6) is -4.81. The molecular weight excluding hydrogens is 397 g/mol. The Bertz CT molecular complexity index is 738. The first kappa shape index (κ1) is 22.4. The Hall–Kier alpha value is -1.30. The van der Waals surface area contributed by atoms with E-state index < -0.39 is 30.9 Å². The van der Waals surface area contributed by atoms with Crippen molar-refractivity contribution in [3.63, 3.8) is 0 Å². The maximum absolute atomic E-state index is 14.7. The number of nitrogens with one attached hydrogen (secondary N) is 2. The Balaban J connectivity index is 1.61. The minimum atomic E-state index is -3.08. The van der Waals surface area contributed by atoms with Gasteiger partial charge in [0.1, 0.15) is 17.7 Å². The maximum atomic E-state index is 14.7. The zero-order valence-electron chi connectivity index (χ0n) is 17.5. The van der Waals surface area contributed by atoms with Crippen molar-refractivity contribution in [1.29, 1.82) is 0 Å². The third kappa shape index (κ3) is 4.01. The second-order valence-electron chi connectivity index (χ2n) is 8.46. The van der Waals surface area contributed by atoms with E-state index in [0.29, 0.717) is 25.0 Å². The number of carbonyl (C=O) groups excluding carboxylic acids is 1. The summed E-state index contributed by atoms with van der Waals surface area (Å²) in [4.78, 5) is 23.1. The monoisotopic (exact) mass is 429 g/mol. The highest BCUT2D eigenvalue weighted by Crippen LogP contribution is 2.71. The molecule has 29 heavy (non-hydrogen) atoms. The van der Waals surface area contributed by atoms with Crippen molar-refractivity contribution in [3.8, 4) is 0 Å². The minimum Gasteiger partial charge on any atom is -0.385 e. The van der Waals surface area contributed by atoms with Gasteiger partial charge in [0.25, 0.3) is 13.6 Å². The summed E-state index contributed by atoms with van der Waals surface area (Å²) in [5.41, 5.74) is -0.380. The normalized spacial score (nSPS) is 32.0. The lowest BCUT2D eigenvalue weighted by molar-refractivity contribution is -0.130. The van der Waals surface area contributed by atoms with Crippen LogP contribution in [-0.2, 0) is 9.32 Å². The van der Waals surface area contributed by atoms with Crippen molar-refractivity contribution >= 4 is 19.3 Å². The number of carbonyl (C=O) groups is 1. The Morgan fingerprint density at radius 1 is 1.28 bits per heavy atom. The van der Waals surface area contributed by atoms with E-state index in [2.05, 4.69) is 17.6 Å². The van der Waals surface area contributed by atoms with Gasteiger partial charge in [-0.05, 0) is 38.0 Å². The zero-order valence-corrected chi connectivity index (χ0v) is 18.4. The third-order valence-electron chi connectivity index (χ3n) is 6.36. The number of hydrogen-bond donors (Lipinski definition) is 3. The maximum Gasteiger partial charge on any atom is 0.271 e. The van der Waals surface area contributed by atoms with Crippen molar-refractivity contribution < 1.29 is 23.0 Å². The van der Waals surface area contributed by atoms with Gasteiger partial charge in [-0.1, -0.05) is 19.1 Å². The number of rotatable bonds is 9. The van der Waals surface area contributed by atoms with Gasteiger partial charge in [0, 0.05) is 31.1 Å². The molecule has 8 heteroatoms. The second-order valence-corrected chi connectivity index (χ2v) is 11.3. The van der Waals surface area contributed by atoms with Gasteiger partial charge < -0.3 is 10.6 Å². The lowest BCUT2D eigenvalue weighted by Gasteiger charge is -2.37. The van der Waals surface area contributed by atoms with Crippen LogP contribution in [0, 0.1) is 5.41 Å². The largest absolute Gasteiger partial charge is 0.385 e. The molecule has 2 aliphatic carbocycles. The van der Waals surface area contributed by atoms with Crippen LogP contribution in [0.15, 0.2) is 24.3 Å². The van der Waals surface area contributed by atoms with Gasteiger partial charge in [-0.15, -0.1) is 0 Å². The number of hydrogen-bond acceptors (Lipinski definition) is 4. The molecule has 0 radical (unpaired) electrons. The summed E-state index contributed by atoms with van der Waals surface area (Å²) in [7, 11) is -2.46. The van der Waals surface area contributed by atoms with Gasteiger partial charge in [-0.2, -0.15) is 0 Å². The Labute approximate surface area is 172 Å². The molecule has 3 atom stereocenters. The number of anilines is 1. The average Bonchev–Trinajstić information content (AvgIpc) is 3.09. The van der Waals surface area contributed by atoms with Crippen LogP contribution in [0.1, 0.15) is 51.5 Å². The van der Waals surface area contributed by atoms with Crippen LogP contribution in [0.25, 0.3) is 0 Å². The molecule has 3 N–H and O–H groups in total. The molecular formula is C21H32F2N2O3P+. The van der Waals surface area contributed by atoms with Crippen molar-refractivity contribution in [2.75, 3.05) is 25.1 Å². The summed E-state index contributed by atoms with van der Waals surface area (Å²) >= 11 is 0. The van der Waals surface area contributed by atoms with E-state index in [1.807, 2.05) is 6.92 Å². The van der Waals surface area contributed by atoms with E-state index in [-0.39, 0.29) is 11.7 Å². The van der Waals surface area contributed by atoms with Gasteiger partial charge in [-0.25, -0.2) is 18.2 Å². The van der Waals surface area contributed by atoms with Crippen LogP contribution >= 0.6 is 7.72 Å². The molecule has 0 aromatic heterocycles. The quantitative estimate of drug-likeness (QED) is 0.509. The van der Waals surface area contributed by atoms with Crippen LogP contribution in [0.2, 0.25) is 0 Å². The molecule has 2 saturated carbocycles. The molecule has 3 rings (SSSR count). The van der Waals surface area contributed by atoms with Gasteiger partial charge in [-0.3, -0.25) is 4.79 Å². The van der Waals surface area contributed by atoms with Crippen LogP contribution in [0.5, 0.6) is 0 Å². The highest BCUT2D eigenvalue weighted by Gasteiger charge is 2.82. The van der Waals surface area contributed by atoms with E-state index in [1.165, 1.54) is 6.92 Å². The van der Waals surface area contributed by atoms with Crippen LogP contribution < -0.4 is 10.6 Å². The first-order chi connectivity index (χ1) is 13.6. The van der Waals surface area contributed by atoms with Crippen LogP contribution in [0.3, 0.4) is 0 Å². The lowest BCUT2D eigenvalue weighted by Crippen LogP contribution is -2.50. The van der Waals surface area contributed by atoms with E-state index in [9.17, 15) is 18.5 Å².